The summed E-state index contributed by atoms with van der Waals surface area (Å²) in [5, 5.41) is 12.3. The van der Waals surface area contributed by atoms with Gasteiger partial charge in [0.15, 0.2) is 17.6 Å². The Balaban J connectivity index is 2.03. The van der Waals surface area contributed by atoms with Gasteiger partial charge < -0.3 is 19.9 Å². The Morgan fingerprint density at radius 3 is 2.95 bits per heavy atom. The van der Waals surface area contributed by atoms with E-state index in [1.165, 1.54) is 20.4 Å². The second-order valence-corrected chi connectivity index (χ2v) is 5.69. The zero-order valence-corrected chi connectivity index (χ0v) is 12.7. The van der Waals surface area contributed by atoms with Crippen LogP contribution < -0.4 is 5.32 Å². The second-order valence-electron chi connectivity index (χ2n) is 5.69. The number of fused-ring (bicyclic) bond motifs is 1. The molecule has 0 aliphatic carbocycles. The molecule has 120 valence electrons. The summed E-state index contributed by atoms with van der Waals surface area (Å²) >= 11 is 0. The Hall–Kier alpha value is -1.93. The van der Waals surface area contributed by atoms with Crippen molar-refractivity contribution in [2.75, 3.05) is 19.0 Å². The molecule has 0 bridgehead atoms. The maximum atomic E-state index is 15.1. The number of imidazole rings is 1. The number of aliphatic hydroxyl groups excluding tert-OH is 1. The van der Waals surface area contributed by atoms with Gasteiger partial charge >= 0.3 is 0 Å². The number of hydrogen-bond acceptors (Lipinski definition) is 6. The van der Waals surface area contributed by atoms with Crippen molar-refractivity contribution in [3.05, 3.63) is 24.4 Å². The van der Waals surface area contributed by atoms with Crippen LogP contribution in [0.25, 0.3) is 0 Å². The molecule has 1 aromatic heterocycles. The first-order chi connectivity index (χ1) is 10.4. The van der Waals surface area contributed by atoms with Gasteiger partial charge in [-0.15, -0.1) is 0 Å². The van der Waals surface area contributed by atoms with E-state index in [9.17, 15) is 5.11 Å². The van der Waals surface area contributed by atoms with E-state index in [4.69, 9.17) is 9.47 Å². The molecule has 4 atom stereocenters. The topological polar surface area (TPSA) is 80.9 Å². The third-order valence-corrected chi connectivity index (χ3v) is 4.36. The van der Waals surface area contributed by atoms with E-state index in [0.29, 0.717) is 23.2 Å². The van der Waals surface area contributed by atoms with Crippen LogP contribution in [0.2, 0.25) is 0 Å². The molecule has 3 heterocycles. The summed E-state index contributed by atoms with van der Waals surface area (Å²) in [4.78, 5) is 8.33. The number of alkyl halides is 1. The molecule has 1 fully saturated rings. The molecule has 8 heteroatoms. The predicted octanol–water partition coefficient (Wildman–Crippen LogP) is 1.43. The summed E-state index contributed by atoms with van der Waals surface area (Å²) in [6.45, 7) is 6.70. The van der Waals surface area contributed by atoms with E-state index < -0.39 is 23.9 Å². The molecule has 0 amide bonds. The van der Waals surface area contributed by atoms with Gasteiger partial charge in [-0.25, -0.2) is 9.37 Å². The highest BCUT2D eigenvalue weighted by molar-refractivity contribution is 5.99. The van der Waals surface area contributed by atoms with E-state index in [0.717, 1.165) is 0 Å². The summed E-state index contributed by atoms with van der Waals surface area (Å²) in [6, 6.07) is 0. The fraction of sp³-hybridized carbons (Fsp3) is 0.571. The maximum Gasteiger partial charge on any atom is 0.245 e. The zero-order valence-electron chi connectivity index (χ0n) is 12.7. The molecule has 4 unspecified atom stereocenters. The second kappa shape index (κ2) is 5.06. The van der Waals surface area contributed by atoms with Gasteiger partial charge in [-0.2, -0.15) is 4.99 Å². The number of anilines is 1. The smallest absolute Gasteiger partial charge is 0.245 e. The van der Waals surface area contributed by atoms with E-state index in [2.05, 4.69) is 21.9 Å². The third-order valence-electron chi connectivity index (χ3n) is 4.36. The van der Waals surface area contributed by atoms with Crippen LogP contribution in [0.5, 0.6) is 0 Å². The van der Waals surface area contributed by atoms with Gasteiger partial charge in [0.05, 0.1) is 26.1 Å². The summed E-state index contributed by atoms with van der Waals surface area (Å²) in [5.74, 6) is 0.735. The minimum Gasteiger partial charge on any atom is -0.479 e. The molecule has 3 rings (SSSR count). The molecule has 7 nitrogen and oxygen atoms in total. The van der Waals surface area contributed by atoms with Crippen LogP contribution in [-0.4, -0.2) is 46.0 Å². The minimum atomic E-state index is -1.66. The first-order valence-corrected chi connectivity index (χ1v) is 7.01. The van der Waals surface area contributed by atoms with Crippen LogP contribution in [-0.2, 0) is 9.47 Å². The SMILES string of the molecule is C=C1N=C(OC)c2ncn(C3OC(CO)C(C)C3(C)F)c2N1. The van der Waals surface area contributed by atoms with Crippen LogP contribution in [0.1, 0.15) is 25.8 Å². The van der Waals surface area contributed by atoms with Crippen LogP contribution in [0.15, 0.2) is 23.7 Å². The number of aromatic nitrogens is 2. The highest BCUT2D eigenvalue weighted by Crippen LogP contribution is 2.46. The number of rotatable bonds is 2. The Kier molecular flexibility index (Phi) is 3.45. The van der Waals surface area contributed by atoms with Gasteiger partial charge in [-0.05, 0) is 6.92 Å². The van der Waals surface area contributed by atoms with Crippen molar-refractivity contribution in [3.8, 4) is 0 Å². The molecule has 22 heavy (non-hydrogen) atoms. The first-order valence-electron chi connectivity index (χ1n) is 7.01. The van der Waals surface area contributed by atoms with Gasteiger partial charge in [0.1, 0.15) is 11.6 Å². The Labute approximate surface area is 127 Å². The summed E-state index contributed by atoms with van der Waals surface area (Å²) in [6.07, 6.45) is -0.00688. The van der Waals surface area contributed by atoms with Crippen molar-refractivity contribution in [2.24, 2.45) is 10.9 Å². The molecule has 0 saturated carbocycles. The Morgan fingerprint density at radius 2 is 2.36 bits per heavy atom. The van der Waals surface area contributed by atoms with Gasteiger partial charge in [-0.1, -0.05) is 13.5 Å². The molecule has 0 aromatic carbocycles. The van der Waals surface area contributed by atoms with E-state index in [1.54, 1.807) is 11.5 Å². The molecular formula is C14H19FN4O3. The molecule has 1 saturated heterocycles. The van der Waals surface area contributed by atoms with Crippen LogP contribution in [0.3, 0.4) is 0 Å². The number of nitrogens with one attached hydrogen (secondary N) is 1. The van der Waals surface area contributed by atoms with Crippen molar-refractivity contribution >= 4 is 11.7 Å². The Morgan fingerprint density at radius 1 is 1.64 bits per heavy atom. The number of halogens is 1. The maximum absolute atomic E-state index is 15.1. The highest BCUT2D eigenvalue weighted by Gasteiger charge is 2.53. The summed E-state index contributed by atoms with van der Waals surface area (Å²) < 4.78 is 27.6. The quantitative estimate of drug-likeness (QED) is 0.863. The van der Waals surface area contributed by atoms with Gasteiger partial charge in [-0.3, -0.25) is 4.57 Å². The largest absolute Gasteiger partial charge is 0.479 e. The predicted molar refractivity (Wildman–Crippen MR) is 78.2 cm³/mol. The molecule has 0 radical (unpaired) electrons. The standard InChI is InChI=1S/C14H19FN4O3/c1-7-9(5-20)22-13(14(7,3)15)19-6-16-10-11(19)17-8(2)18-12(10)21-4/h6-7,9,13,17,20H,2,5H2,1,3-4H3. The number of hydrogen-bond donors (Lipinski definition) is 2. The average molecular weight is 310 g/mol. The van der Waals surface area contributed by atoms with Crippen molar-refractivity contribution in [3.63, 3.8) is 0 Å². The van der Waals surface area contributed by atoms with Crippen LogP contribution in [0.4, 0.5) is 10.2 Å². The van der Waals surface area contributed by atoms with Crippen LogP contribution >= 0.6 is 0 Å². The van der Waals surface area contributed by atoms with Gasteiger partial charge in [0.2, 0.25) is 5.90 Å². The molecule has 2 N–H and O–H groups in total. The number of aliphatic hydroxyl groups is 1. The fourth-order valence-corrected chi connectivity index (χ4v) is 2.85. The summed E-state index contributed by atoms with van der Waals surface area (Å²) in [5.41, 5.74) is -1.19. The zero-order chi connectivity index (χ0) is 16.1. The van der Waals surface area contributed by atoms with E-state index in [-0.39, 0.29) is 6.61 Å². The van der Waals surface area contributed by atoms with Crippen LogP contribution in [0, 0.1) is 5.92 Å². The monoisotopic (exact) mass is 310 g/mol. The lowest BCUT2D eigenvalue weighted by atomic mass is 9.90. The molecule has 0 spiro atoms. The lowest BCUT2D eigenvalue weighted by Crippen LogP contribution is -2.34. The normalized spacial score (nSPS) is 34.1. The highest BCUT2D eigenvalue weighted by atomic mass is 19.1. The first kappa shape index (κ1) is 15.0. The van der Waals surface area contributed by atoms with Crippen molar-refractivity contribution in [2.45, 2.75) is 31.8 Å². The molecule has 2 aliphatic heterocycles. The molecule has 1 aromatic rings. The van der Waals surface area contributed by atoms with Crippen molar-refractivity contribution in [1.82, 2.24) is 9.55 Å². The van der Waals surface area contributed by atoms with Crippen molar-refractivity contribution < 1.29 is 19.0 Å². The van der Waals surface area contributed by atoms with Gasteiger partial charge in [0, 0.05) is 5.92 Å². The summed E-state index contributed by atoms with van der Waals surface area (Å²) in [7, 11) is 1.48. The number of nitrogens with zero attached hydrogens (tertiary/aromatic N) is 3. The Bertz CT molecular complexity index is 640. The lowest BCUT2D eigenvalue weighted by Gasteiger charge is -2.27. The van der Waals surface area contributed by atoms with Crippen molar-refractivity contribution in [1.29, 1.82) is 0 Å². The number of methoxy groups -OCH3 is 1. The van der Waals surface area contributed by atoms with E-state index in [1.807, 2.05) is 0 Å². The minimum absolute atomic E-state index is 0.237. The molecular weight excluding hydrogens is 291 g/mol. The third kappa shape index (κ3) is 2.02. The van der Waals surface area contributed by atoms with E-state index >= 15 is 4.39 Å². The lowest BCUT2D eigenvalue weighted by molar-refractivity contribution is -0.0574. The average Bonchev–Trinajstić information content (AvgIpc) is 2.98. The van der Waals surface area contributed by atoms with Gasteiger partial charge in [0.25, 0.3) is 0 Å². The molecule has 2 aliphatic rings. The number of aliphatic imine (C=N–C) groups is 1. The fourth-order valence-electron chi connectivity index (χ4n) is 2.85. The number of ether oxygens (including phenoxy) is 2.